The lowest BCUT2D eigenvalue weighted by Crippen LogP contribution is -2.22. The van der Waals surface area contributed by atoms with E-state index in [1.165, 1.54) is 6.07 Å². The molecule has 4 nitrogen and oxygen atoms in total. The molecule has 1 unspecified atom stereocenters. The van der Waals surface area contributed by atoms with Crippen molar-refractivity contribution in [3.05, 3.63) is 58.1 Å². The lowest BCUT2D eigenvalue weighted by molar-refractivity contribution is 0.168. The number of ether oxygens (including phenoxy) is 2. The number of fused-ring (bicyclic) bond motifs is 1. The van der Waals surface area contributed by atoms with E-state index in [9.17, 15) is 13.9 Å². The van der Waals surface area contributed by atoms with Gasteiger partial charge in [-0.05, 0) is 23.8 Å². The summed E-state index contributed by atoms with van der Waals surface area (Å²) in [4.78, 5) is 0. The quantitative estimate of drug-likeness (QED) is 0.864. The van der Waals surface area contributed by atoms with Crippen LogP contribution in [0.1, 0.15) is 17.2 Å². The van der Waals surface area contributed by atoms with Crippen LogP contribution in [0.5, 0.6) is 11.5 Å². The predicted molar refractivity (Wildman–Crippen MR) is 85.5 cm³/mol. The monoisotopic (exact) mass is 355 g/mol. The van der Waals surface area contributed by atoms with E-state index in [-0.39, 0.29) is 12.1 Å². The van der Waals surface area contributed by atoms with Crippen LogP contribution >= 0.6 is 11.6 Å². The Bertz CT molecular complexity index is 742. The third-order valence-electron chi connectivity index (χ3n) is 3.64. The second kappa shape index (κ2) is 7.34. The van der Waals surface area contributed by atoms with E-state index in [1.807, 2.05) is 0 Å². The van der Waals surface area contributed by atoms with E-state index in [2.05, 4.69) is 5.32 Å². The Morgan fingerprint density at radius 3 is 2.75 bits per heavy atom. The van der Waals surface area contributed by atoms with Gasteiger partial charge in [-0.25, -0.2) is 8.78 Å². The van der Waals surface area contributed by atoms with Gasteiger partial charge in [-0.1, -0.05) is 17.7 Å². The number of benzene rings is 2. The molecule has 0 aliphatic carbocycles. The first kappa shape index (κ1) is 17.0. The molecule has 0 radical (unpaired) electrons. The zero-order valence-corrected chi connectivity index (χ0v) is 13.4. The second-order valence-electron chi connectivity index (χ2n) is 5.41. The summed E-state index contributed by atoms with van der Waals surface area (Å²) in [5.74, 6) is -0.343. The summed E-state index contributed by atoms with van der Waals surface area (Å²) in [5, 5.41) is 13.5. The summed E-state index contributed by atoms with van der Waals surface area (Å²) in [5.41, 5.74) is 0.889. The molecule has 1 atom stereocenters. The van der Waals surface area contributed by atoms with Crippen molar-refractivity contribution in [2.24, 2.45) is 0 Å². The van der Waals surface area contributed by atoms with Crippen LogP contribution in [0.25, 0.3) is 0 Å². The molecule has 2 aromatic carbocycles. The van der Waals surface area contributed by atoms with Gasteiger partial charge in [0.05, 0.1) is 11.1 Å². The van der Waals surface area contributed by atoms with Gasteiger partial charge in [-0.3, -0.25) is 0 Å². The molecule has 0 saturated heterocycles. The van der Waals surface area contributed by atoms with E-state index in [0.717, 1.165) is 17.7 Å². The van der Waals surface area contributed by atoms with Gasteiger partial charge in [0.15, 0.2) is 11.5 Å². The second-order valence-corrected chi connectivity index (χ2v) is 5.82. The van der Waals surface area contributed by atoms with E-state index >= 15 is 0 Å². The minimum Gasteiger partial charge on any atom is -0.486 e. The first-order valence-electron chi connectivity index (χ1n) is 7.46. The maximum absolute atomic E-state index is 13.6. The minimum atomic E-state index is -1.08. The molecule has 24 heavy (non-hydrogen) atoms. The van der Waals surface area contributed by atoms with Gasteiger partial charge >= 0.3 is 0 Å². The molecule has 2 N–H and O–H groups in total. The molecule has 1 aliphatic heterocycles. The molecular weight excluding hydrogens is 340 g/mol. The number of rotatable bonds is 5. The van der Waals surface area contributed by atoms with Crippen molar-refractivity contribution in [2.75, 3.05) is 19.8 Å². The Labute approximate surface area is 143 Å². The number of aliphatic hydroxyl groups excluding tert-OH is 1. The standard InChI is InChI=1S/C17H16ClF2NO3/c18-13-5-10(6-16-17(13)24-4-3-23-16)8-21-9-15(22)12-2-1-11(19)7-14(12)20/h1-2,5-7,15,21-22H,3-4,8-9H2. The summed E-state index contributed by atoms with van der Waals surface area (Å²) in [7, 11) is 0. The Balaban J connectivity index is 1.61. The molecule has 0 bridgehead atoms. The van der Waals surface area contributed by atoms with E-state index in [4.69, 9.17) is 21.1 Å². The van der Waals surface area contributed by atoms with Crippen molar-refractivity contribution >= 4 is 11.6 Å². The Hall–Kier alpha value is -1.89. The topological polar surface area (TPSA) is 50.7 Å². The Morgan fingerprint density at radius 2 is 1.96 bits per heavy atom. The SMILES string of the molecule is OC(CNCc1cc(Cl)c2c(c1)OCCO2)c1ccc(F)cc1F. The lowest BCUT2D eigenvalue weighted by atomic mass is 10.1. The van der Waals surface area contributed by atoms with Crippen molar-refractivity contribution in [3.8, 4) is 11.5 Å². The van der Waals surface area contributed by atoms with Gasteiger partial charge in [0.2, 0.25) is 0 Å². The third-order valence-corrected chi connectivity index (χ3v) is 3.93. The average molecular weight is 356 g/mol. The summed E-state index contributed by atoms with van der Waals surface area (Å²) >= 11 is 6.15. The maximum Gasteiger partial charge on any atom is 0.179 e. The molecule has 1 aliphatic rings. The van der Waals surface area contributed by atoms with Gasteiger partial charge in [-0.2, -0.15) is 0 Å². The number of nitrogens with one attached hydrogen (secondary N) is 1. The van der Waals surface area contributed by atoms with Crippen molar-refractivity contribution in [1.82, 2.24) is 5.32 Å². The van der Waals surface area contributed by atoms with Gasteiger partial charge in [0, 0.05) is 24.7 Å². The summed E-state index contributed by atoms with van der Waals surface area (Å²) in [6.07, 6.45) is -1.08. The first-order valence-corrected chi connectivity index (χ1v) is 7.84. The summed E-state index contributed by atoms with van der Waals surface area (Å²) in [6, 6.07) is 6.64. The van der Waals surface area contributed by atoms with Crippen LogP contribution in [0.15, 0.2) is 30.3 Å². The Kier molecular flexibility index (Phi) is 5.18. The number of hydrogen-bond donors (Lipinski definition) is 2. The van der Waals surface area contributed by atoms with Crippen LogP contribution in [0.3, 0.4) is 0 Å². The largest absolute Gasteiger partial charge is 0.486 e. The predicted octanol–water partition coefficient (Wildman–Crippen LogP) is 3.21. The molecular formula is C17H16ClF2NO3. The number of halogens is 3. The van der Waals surface area contributed by atoms with Crippen LogP contribution in [0, 0.1) is 11.6 Å². The molecule has 0 spiro atoms. The van der Waals surface area contributed by atoms with Gasteiger partial charge in [-0.15, -0.1) is 0 Å². The molecule has 128 valence electrons. The highest BCUT2D eigenvalue weighted by Gasteiger charge is 2.17. The van der Waals surface area contributed by atoms with Gasteiger partial charge in [0.25, 0.3) is 0 Å². The van der Waals surface area contributed by atoms with Crippen molar-refractivity contribution < 1.29 is 23.4 Å². The van der Waals surface area contributed by atoms with E-state index in [0.29, 0.717) is 36.3 Å². The molecule has 1 heterocycles. The highest BCUT2D eigenvalue weighted by atomic mass is 35.5. The van der Waals surface area contributed by atoms with Crippen molar-refractivity contribution in [2.45, 2.75) is 12.6 Å². The molecule has 0 fully saturated rings. The molecule has 7 heteroatoms. The van der Waals surface area contributed by atoms with Crippen LogP contribution in [-0.2, 0) is 6.54 Å². The van der Waals surface area contributed by atoms with Gasteiger partial charge in [0.1, 0.15) is 24.8 Å². The number of aliphatic hydroxyl groups is 1. The van der Waals surface area contributed by atoms with Crippen molar-refractivity contribution in [1.29, 1.82) is 0 Å². The first-order chi connectivity index (χ1) is 11.5. The van der Waals surface area contributed by atoms with Crippen LogP contribution in [0.4, 0.5) is 8.78 Å². The maximum atomic E-state index is 13.6. The Morgan fingerprint density at radius 1 is 1.17 bits per heavy atom. The molecule has 0 amide bonds. The minimum absolute atomic E-state index is 0.0455. The summed E-state index contributed by atoms with van der Waals surface area (Å²) < 4.78 is 37.4. The fourth-order valence-corrected chi connectivity index (χ4v) is 2.79. The zero-order chi connectivity index (χ0) is 17.1. The fraction of sp³-hybridized carbons (Fsp3) is 0.294. The fourth-order valence-electron chi connectivity index (χ4n) is 2.50. The zero-order valence-electron chi connectivity index (χ0n) is 12.7. The highest BCUT2D eigenvalue weighted by Crippen LogP contribution is 2.38. The average Bonchev–Trinajstić information content (AvgIpc) is 2.55. The normalized spacial score (nSPS) is 14.5. The summed E-state index contributed by atoms with van der Waals surface area (Å²) in [6.45, 7) is 1.42. The molecule has 0 aromatic heterocycles. The lowest BCUT2D eigenvalue weighted by Gasteiger charge is -2.20. The van der Waals surface area contributed by atoms with Crippen molar-refractivity contribution in [3.63, 3.8) is 0 Å². The molecule has 0 saturated carbocycles. The smallest absolute Gasteiger partial charge is 0.179 e. The van der Waals surface area contributed by atoms with E-state index < -0.39 is 17.7 Å². The van der Waals surface area contributed by atoms with Crippen LogP contribution < -0.4 is 14.8 Å². The van der Waals surface area contributed by atoms with Crippen LogP contribution in [0.2, 0.25) is 5.02 Å². The third kappa shape index (κ3) is 3.77. The molecule has 2 aromatic rings. The highest BCUT2D eigenvalue weighted by molar-refractivity contribution is 6.32. The van der Waals surface area contributed by atoms with E-state index in [1.54, 1.807) is 12.1 Å². The number of hydrogen-bond acceptors (Lipinski definition) is 4. The van der Waals surface area contributed by atoms with Gasteiger partial charge < -0.3 is 19.9 Å². The van der Waals surface area contributed by atoms with Crippen LogP contribution in [-0.4, -0.2) is 24.9 Å². The molecule has 3 rings (SSSR count).